The second kappa shape index (κ2) is 8.52. The van der Waals surface area contributed by atoms with Gasteiger partial charge in [0.1, 0.15) is 5.75 Å². The molecule has 1 aliphatic heterocycles. The Morgan fingerprint density at radius 2 is 1.68 bits per heavy atom. The summed E-state index contributed by atoms with van der Waals surface area (Å²) in [6.07, 6.45) is 5.98. The molecule has 0 N–H and O–H groups in total. The lowest BCUT2D eigenvalue weighted by atomic mass is 10.1. The van der Waals surface area contributed by atoms with Crippen LogP contribution in [0.5, 0.6) is 5.75 Å². The first-order valence-corrected chi connectivity index (χ1v) is 10.9. The number of sulfonamides is 1. The quantitative estimate of drug-likeness (QED) is 0.744. The van der Waals surface area contributed by atoms with Crippen molar-refractivity contribution in [3.8, 4) is 5.75 Å². The van der Waals surface area contributed by atoms with Crippen molar-refractivity contribution in [3.05, 3.63) is 29.8 Å². The summed E-state index contributed by atoms with van der Waals surface area (Å²) in [6, 6.07) is 8.24. The van der Waals surface area contributed by atoms with Crippen LogP contribution in [0.25, 0.3) is 0 Å². The number of nitrogens with zero attached hydrogens (tertiary/aromatic N) is 2. The zero-order chi connectivity index (χ0) is 17.7. The van der Waals surface area contributed by atoms with E-state index in [1.54, 1.807) is 11.4 Å². The SMILES string of the molecule is COc1ccc(CCCN2CCN(S(=O)(=O)C3CCCC3)CC2)cc1. The molecule has 0 bridgehead atoms. The van der Waals surface area contributed by atoms with Crippen LogP contribution in [-0.4, -0.2) is 62.7 Å². The molecule has 0 unspecified atom stereocenters. The van der Waals surface area contributed by atoms with E-state index in [0.717, 1.165) is 63.9 Å². The zero-order valence-corrected chi connectivity index (χ0v) is 16.0. The minimum Gasteiger partial charge on any atom is -0.497 e. The highest BCUT2D eigenvalue weighted by Gasteiger charge is 2.35. The van der Waals surface area contributed by atoms with E-state index >= 15 is 0 Å². The molecule has 2 fully saturated rings. The van der Waals surface area contributed by atoms with Gasteiger partial charge in [-0.25, -0.2) is 8.42 Å². The Labute approximate surface area is 152 Å². The number of hydrogen-bond acceptors (Lipinski definition) is 4. The van der Waals surface area contributed by atoms with Crippen molar-refractivity contribution in [2.75, 3.05) is 39.8 Å². The van der Waals surface area contributed by atoms with Gasteiger partial charge in [0, 0.05) is 26.2 Å². The molecule has 5 nitrogen and oxygen atoms in total. The van der Waals surface area contributed by atoms with Crippen molar-refractivity contribution < 1.29 is 13.2 Å². The summed E-state index contributed by atoms with van der Waals surface area (Å²) < 4.78 is 32.2. The van der Waals surface area contributed by atoms with Crippen LogP contribution in [0.3, 0.4) is 0 Å². The van der Waals surface area contributed by atoms with Gasteiger partial charge < -0.3 is 9.64 Å². The number of hydrogen-bond donors (Lipinski definition) is 0. The van der Waals surface area contributed by atoms with E-state index in [0.29, 0.717) is 13.1 Å². The summed E-state index contributed by atoms with van der Waals surface area (Å²) in [5, 5.41) is -0.117. The molecule has 1 saturated heterocycles. The van der Waals surface area contributed by atoms with Gasteiger partial charge in [0.15, 0.2) is 0 Å². The van der Waals surface area contributed by atoms with Gasteiger partial charge in [0.25, 0.3) is 0 Å². The Kier molecular flexibility index (Phi) is 6.36. The fraction of sp³-hybridized carbons (Fsp3) is 0.684. The smallest absolute Gasteiger partial charge is 0.217 e. The van der Waals surface area contributed by atoms with Gasteiger partial charge in [-0.3, -0.25) is 0 Å². The standard InChI is InChI=1S/C19H30N2O3S/c1-24-18-10-8-17(9-11-18)5-4-12-20-13-15-21(16-14-20)25(22,23)19-6-2-3-7-19/h8-11,19H,2-7,12-16H2,1H3. The Balaban J connectivity index is 1.40. The molecule has 25 heavy (non-hydrogen) atoms. The van der Waals surface area contributed by atoms with Crippen molar-refractivity contribution in [2.45, 2.75) is 43.8 Å². The van der Waals surface area contributed by atoms with Crippen LogP contribution in [0, 0.1) is 0 Å². The summed E-state index contributed by atoms with van der Waals surface area (Å²) in [5.74, 6) is 0.892. The van der Waals surface area contributed by atoms with Crippen LogP contribution < -0.4 is 4.74 Å². The highest BCUT2D eigenvalue weighted by molar-refractivity contribution is 7.89. The van der Waals surface area contributed by atoms with Crippen molar-refractivity contribution in [3.63, 3.8) is 0 Å². The molecule has 0 aromatic heterocycles. The maximum Gasteiger partial charge on any atom is 0.217 e. The average molecular weight is 367 g/mol. The van der Waals surface area contributed by atoms with Crippen molar-refractivity contribution in [1.82, 2.24) is 9.21 Å². The Hall–Kier alpha value is -1.11. The van der Waals surface area contributed by atoms with E-state index in [-0.39, 0.29) is 5.25 Å². The van der Waals surface area contributed by atoms with Gasteiger partial charge in [-0.05, 0) is 49.9 Å². The lowest BCUT2D eigenvalue weighted by molar-refractivity contribution is 0.186. The molecule has 2 aliphatic rings. The molecule has 0 atom stereocenters. The van der Waals surface area contributed by atoms with Crippen LogP contribution in [0.15, 0.2) is 24.3 Å². The first kappa shape index (κ1) is 18.7. The molecular weight excluding hydrogens is 336 g/mol. The van der Waals surface area contributed by atoms with Gasteiger partial charge in [-0.15, -0.1) is 0 Å². The lowest BCUT2D eigenvalue weighted by Crippen LogP contribution is -2.50. The maximum atomic E-state index is 12.6. The molecule has 0 spiro atoms. The number of benzene rings is 1. The summed E-state index contributed by atoms with van der Waals surface area (Å²) in [4.78, 5) is 2.39. The number of piperazine rings is 1. The minimum atomic E-state index is -3.06. The highest BCUT2D eigenvalue weighted by atomic mass is 32.2. The van der Waals surface area contributed by atoms with E-state index in [9.17, 15) is 8.42 Å². The largest absolute Gasteiger partial charge is 0.497 e. The molecule has 0 amide bonds. The molecule has 1 heterocycles. The van der Waals surface area contributed by atoms with Gasteiger partial charge in [0.05, 0.1) is 12.4 Å². The second-order valence-corrected chi connectivity index (χ2v) is 9.36. The first-order chi connectivity index (χ1) is 12.1. The number of ether oxygens (including phenoxy) is 1. The Morgan fingerprint density at radius 1 is 1.04 bits per heavy atom. The number of rotatable bonds is 7. The molecular formula is C19H30N2O3S. The minimum absolute atomic E-state index is 0.117. The predicted molar refractivity (Wildman–Crippen MR) is 101 cm³/mol. The molecule has 1 aromatic rings. The lowest BCUT2D eigenvalue weighted by Gasteiger charge is -2.35. The number of aryl methyl sites for hydroxylation is 1. The Morgan fingerprint density at radius 3 is 2.28 bits per heavy atom. The molecule has 140 valence electrons. The summed E-state index contributed by atoms with van der Waals surface area (Å²) >= 11 is 0. The van der Waals surface area contributed by atoms with E-state index < -0.39 is 10.0 Å². The van der Waals surface area contributed by atoms with Gasteiger partial charge in [-0.2, -0.15) is 4.31 Å². The monoisotopic (exact) mass is 366 g/mol. The van der Waals surface area contributed by atoms with Crippen molar-refractivity contribution in [2.24, 2.45) is 0 Å². The normalized spacial score (nSPS) is 20.8. The third-order valence-corrected chi connectivity index (χ3v) is 7.91. The summed E-state index contributed by atoms with van der Waals surface area (Å²) in [6.45, 7) is 4.05. The van der Waals surface area contributed by atoms with E-state index in [1.807, 2.05) is 12.1 Å². The second-order valence-electron chi connectivity index (χ2n) is 7.14. The van der Waals surface area contributed by atoms with Crippen LogP contribution in [0.1, 0.15) is 37.7 Å². The van der Waals surface area contributed by atoms with Gasteiger partial charge in [0.2, 0.25) is 10.0 Å². The van der Waals surface area contributed by atoms with E-state index in [4.69, 9.17) is 4.74 Å². The molecule has 1 aliphatic carbocycles. The Bertz CT molecular complexity index is 631. The third kappa shape index (κ3) is 4.74. The average Bonchev–Trinajstić information content (AvgIpc) is 3.18. The van der Waals surface area contributed by atoms with Crippen molar-refractivity contribution >= 4 is 10.0 Å². The zero-order valence-electron chi connectivity index (χ0n) is 15.2. The topological polar surface area (TPSA) is 49.9 Å². The van der Waals surface area contributed by atoms with Crippen molar-refractivity contribution in [1.29, 1.82) is 0 Å². The first-order valence-electron chi connectivity index (χ1n) is 9.44. The maximum absolute atomic E-state index is 12.6. The predicted octanol–water partition coefficient (Wildman–Crippen LogP) is 2.52. The van der Waals surface area contributed by atoms with Crippen LogP contribution in [0.2, 0.25) is 0 Å². The number of methoxy groups -OCH3 is 1. The fourth-order valence-corrected chi connectivity index (χ4v) is 5.93. The van der Waals surface area contributed by atoms with Crippen LogP contribution in [0.4, 0.5) is 0 Å². The van der Waals surface area contributed by atoms with Gasteiger partial charge in [-0.1, -0.05) is 25.0 Å². The van der Waals surface area contributed by atoms with Crippen LogP contribution >= 0.6 is 0 Å². The molecule has 3 rings (SSSR count). The third-order valence-electron chi connectivity index (χ3n) is 5.51. The fourth-order valence-electron chi connectivity index (χ4n) is 3.90. The van der Waals surface area contributed by atoms with E-state index in [1.165, 1.54) is 5.56 Å². The van der Waals surface area contributed by atoms with Gasteiger partial charge >= 0.3 is 0 Å². The molecule has 0 radical (unpaired) electrons. The molecule has 1 saturated carbocycles. The molecule has 1 aromatic carbocycles. The highest BCUT2D eigenvalue weighted by Crippen LogP contribution is 2.27. The summed E-state index contributed by atoms with van der Waals surface area (Å²) in [7, 11) is -1.38. The summed E-state index contributed by atoms with van der Waals surface area (Å²) in [5.41, 5.74) is 1.32. The van der Waals surface area contributed by atoms with Crippen LogP contribution in [-0.2, 0) is 16.4 Å². The molecule has 6 heteroatoms. The van der Waals surface area contributed by atoms with E-state index in [2.05, 4.69) is 17.0 Å².